The second kappa shape index (κ2) is 8.65. The van der Waals surface area contributed by atoms with Crippen molar-refractivity contribution >= 4 is 33.5 Å². The van der Waals surface area contributed by atoms with E-state index in [2.05, 4.69) is 15.3 Å². The average Bonchev–Trinajstić information content (AvgIpc) is 3.33. The molecule has 2 aromatic carbocycles. The Kier molecular flexibility index (Phi) is 5.77. The normalized spacial score (nSPS) is 10.8. The van der Waals surface area contributed by atoms with E-state index >= 15 is 0 Å². The molecule has 1 N–H and O–H groups in total. The van der Waals surface area contributed by atoms with Crippen molar-refractivity contribution in [3.63, 3.8) is 0 Å². The molecule has 8 nitrogen and oxygen atoms in total. The number of ether oxygens (including phenoxy) is 3. The Morgan fingerprint density at radius 3 is 2.77 bits per heavy atom. The summed E-state index contributed by atoms with van der Waals surface area (Å²) in [7, 11) is 5.13. The van der Waals surface area contributed by atoms with Gasteiger partial charge in [-0.15, -0.1) is 0 Å². The van der Waals surface area contributed by atoms with Gasteiger partial charge in [0.25, 0.3) is 0 Å². The fourth-order valence-corrected chi connectivity index (χ4v) is 4.13. The molecule has 0 fully saturated rings. The minimum atomic E-state index is -0.541. The summed E-state index contributed by atoms with van der Waals surface area (Å²) in [5.74, 6) is 1.34. The highest BCUT2D eigenvalue weighted by atomic mass is 32.1. The second-order valence-electron chi connectivity index (χ2n) is 6.88. The molecule has 160 valence electrons. The molecule has 4 aromatic rings. The van der Waals surface area contributed by atoms with Crippen LogP contribution in [0.2, 0.25) is 0 Å². The number of nitrogens with zero attached hydrogens (tertiary/aromatic N) is 3. The molecule has 0 spiro atoms. The maximum atomic E-state index is 12.3. The summed E-state index contributed by atoms with van der Waals surface area (Å²) in [5, 5.41) is 4.13. The summed E-state index contributed by atoms with van der Waals surface area (Å²) in [6, 6.07) is 11.3. The van der Waals surface area contributed by atoms with Crippen molar-refractivity contribution in [1.29, 1.82) is 0 Å². The van der Waals surface area contributed by atoms with Gasteiger partial charge in [0.05, 0.1) is 42.8 Å². The van der Waals surface area contributed by atoms with Gasteiger partial charge in [0.2, 0.25) is 0 Å². The van der Waals surface area contributed by atoms with E-state index in [9.17, 15) is 4.79 Å². The number of fused-ring (bicyclic) bond motifs is 1. The first kappa shape index (κ1) is 20.7. The minimum absolute atomic E-state index is 0.148. The third-order valence-corrected chi connectivity index (χ3v) is 5.92. The average molecular weight is 439 g/mol. The Morgan fingerprint density at radius 2 is 2.00 bits per heavy atom. The lowest BCUT2D eigenvalue weighted by Gasteiger charge is -2.08. The zero-order chi connectivity index (χ0) is 22.0. The molecule has 31 heavy (non-hydrogen) atoms. The molecular formula is C22H22N4O4S. The number of hydrogen-bond donors (Lipinski definition) is 1. The molecule has 2 heterocycles. The second-order valence-corrected chi connectivity index (χ2v) is 7.88. The number of carbonyl (C=O) groups is 1. The molecule has 0 saturated carbocycles. The molecule has 0 aliphatic heterocycles. The number of aromatic nitrogens is 3. The van der Waals surface area contributed by atoms with Crippen LogP contribution >= 0.6 is 11.3 Å². The zero-order valence-corrected chi connectivity index (χ0v) is 18.4. The number of hydrogen-bond acceptors (Lipinski definition) is 7. The molecule has 0 atom stereocenters. The lowest BCUT2D eigenvalue weighted by Crippen LogP contribution is -2.13. The maximum absolute atomic E-state index is 12.3. The highest BCUT2D eigenvalue weighted by Gasteiger charge is 2.16. The van der Waals surface area contributed by atoms with Crippen molar-refractivity contribution in [2.24, 2.45) is 7.05 Å². The van der Waals surface area contributed by atoms with Crippen molar-refractivity contribution in [1.82, 2.24) is 14.5 Å². The minimum Gasteiger partial charge on any atom is -0.497 e. The van der Waals surface area contributed by atoms with Gasteiger partial charge in [0, 0.05) is 13.1 Å². The predicted molar refractivity (Wildman–Crippen MR) is 120 cm³/mol. The van der Waals surface area contributed by atoms with E-state index in [4.69, 9.17) is 14.2 Å². The highest BCUT2D eigenvalue weighted by Crippen LogP contribution is 2.38. The smallest absolute Gasteiger partial charge is 0.412 e. The third kappa shape index (κ3) is 4.31. The van der Waals surface area contributed by atoms with E-state index in [1.807, 2.05) is 48.9 Å². The summed E-state index contributed by atoms with van der Waals surface area (Å²) < 4.78 is 18.0. The van der Waals surface area contributed by atoms with Crippen molar-refractivity contribution < 1.29 is 19.0 Å². The van der Waals surface area contributed by atoms with Crippen molar-refractivity contribution in [3.8, 4) is 22.1 Å². The van der Waals surface area contributed by atoms with Crippen LogP contribution in [0.4, 0.5) is 9.80 Å². The number of benzene rings is 2. The number of methoxy groups -OCH3 is 2. The molecule has 0 bridgehead atoms. The first-order valence-electron chi connectivity index (χ1n) is 9.52. The Balaban J connectivity index is 1.44. The summed E-state index contributed by atoms with van der Waals surface area (Å²) in [6.07, 6.45) is 1.21. The number of nitrogens with one attached hydrogen (secondary N) is 1. The summed E-state index contributed by atoms with van der Waals surface area (Å²) in [6.45, 7) is 1.98. The van der Waals surface area contributed by atoms with Gasteiger partial charge in [-0.2, -0.15) is 0 Å². The van der Waals surface area contributed by atoms with E-state index < -0.39 is 6.09 Å². The molecule has 2 aromatic heterocycles. The van der Waals surface area contributed by atoms with Gasteiger partial charge in [-0.1, -0.05) is 17.4 Å². The van der Waals surface area contributed by atoms with Crippen LogP contribution in [0.25, 0.3) is 21.6 Å². The molecule has 0 unspecified atom stereocenters. The summed E-state index contributed by atoms with van der Waals surface area (Å²) in [5.41, 5.74) is 4.27. The Labute approximate surface area is 183 Å². The molecule has 9 heteroatoms. The highest BCUT2D eigenvalue weighted by molar-refractivity contribution is 7.19. The van der Waals surface area contributed by atoms with Crippen molar-refractivity contribution in [2.75, 3.05) is 19.5 Å². The number of aryl methyl sites for hydroxylation is 2. The van der Waals surface area contributed by atoms with Crippen LogP contribution in [0.15, 0.2) is 42.7 Å². The molecule has 0 radical (unpaired) electrons. The number of thiazole rings is 1. The van der Waals surface area contributed by atoms with E-state index in [0.717, 1.165) is 27.2 Å². The Hall–Kier alpha value is -3.59. The van der Waals surface area contributed by atoms with Crippen molar-refractivity contribution in [2.45, 2.75) is 13.5 Å². The van der Waals surface area contributed by atoms with Gasteiger partial charge >= 0.3 is 6.09 Å². The van der Waals surface area contributed by atoms with Crippen LogP contribution in [0.3, 0.4) is 0 Å². The van der Waals surface area contributed by atoms with Crippen LogP contribution in [-0.2, 0) is 18.4 Å². The topological polar surface area (TPSA) is 87.5 Å². The molecule has 1 amide bonds. The van der Waals surface area contributed by atoms with Gasteiger partial charge in [-0.3, -0.25) is 5.32 Å². The van der Waals surface area contributed by atoms with E-state index in [-0.39, 0.29) is 6.61 Å². The molecule has 0 saturated heterocycles. The SMILES string of the molecule is COc1ccc(-c2nc(C)c(NC(=O)OCc3ccc4c(c3)ncn4C)s2)c(OC)c1. The number of amides is 1. The quantitative estimate of drug-likeness (QED) is 0.467. The lowest BCUT2D eigenvalue weighted by atomic mass is 10.2. The van der Waals surface area contributed by atoms with Crippen LogP contribution in [0.5, 0.6) is 11.5 Å². The monoisotopic (exact) mass is 438 g/mol. The summed E-state index contributed by atoms with van der Waals surface area (Å²) in [4.78, 5) is 21.2. The van der Waals surface area contributed by atoms with E-state index in [1.165, 1.54) is 11.3 Å². The molecular weight excluding hydrogens is 416 g/mol. The van der Waals surface area contributed by atoms with E-state index in [0.29, 0.717) is 22.2 Å². The van der Waals surface area contributed by atoms with Gasteiger partial charge in [-0.05, 0) is 36.8 Å². The number of carbonyl (C=O) groups excluding carboxylic acids is 1. The Bertz CT molecular complexity index is 1250. The lowest BCUT2D eigenvalue weighted by molar-refractivity contribution is 0.155. The first-order valence-corrected chi connectivity index (χ1v) is 10.3. The number of rotatable bonds is 6. The molecule has 4 rings (SSSR count). The zero-order valence-electron chi connectivity index (χ0n) is 17.6. The maximum Gasteiger partial charge on any atom is 0.412 e. The Morgan fingerprint density at radius 1 is 1.16 bits per heavy atom. The summed E-state index contributed by atoms with van der Waals surface area (Å²) >= 11 is 1.35. The third-order valence-electron chi connectivity index (χ3n) is 4.81. The van der Waals surface area contributed by atoms with Crippen molar-refractivity contribution in [3.05, 3.63) is 54.0 Å². The predicted octanol–water partition coefficient (Wildman–Crippen LogP) is 4.77. The van der Waals surface area contributed by atoms with Gasteiger partial charge in [-0.25, -0.2) is 14.8 Å². The molecule has 0 aliphatic rings. The van der Waals surface area contributed by atoms with Crippen LogP contribution < -0.4 is 14.8 Å². The van der Waals surface area contributed by atoms with Gasteiger partial charge < -0.3 is 18.8 Å². The largest absolute Gasteiger partial charge is 0.497 e. The van der Waals surface area contributed by atoms with Gasteiger partial charge in [0.1, 0.15) is 28.1 Å². The van der Waals surface area contributed by atoms with Gasteiger partial charge in [0.15, 0.2) is 0 Å². The van der Waals surface area contributed by atoms with Crippen LogP contribution in [0, 0.1) is 6.92 Å². The standard InChI is InChI=1S/C22H22N4O4S/c1-13-20(31-21(24-13)16-7-6-15(28-3)10-19(16)29-4)25-22(27)30-11-14-5-8-18-17(9-14)23-12-26(18)2/h5-10,12H,11H2,1-4H3,(H,25,27). The number of imidazole rings is 1. The fourth-order valence-electron chi connectivity index (χ4n) is 3.15. The molecule has 0 aliphatic carbocycles. The van der Waals surface area contributed by atoms with E-state index in [1.54, 1.807) is 26.6 Å². The first-order chi connectivity index (χ1) is 15.0. The van der Waals surface area contributed by atoms with Crippen LogP contribution in [0.1, 0.15) is 11.3 Å². The number of anilines is 1. The fraction of sp³-hybridized carbons (Fsp3) is 0.227. The van der Waals surface area contributed by atoms with Crippen LogP contribution in [-0.4, -0.2) is 34.8 Å².